The molecule has 0 amide bonds. The van der Waals surface area contributed by atoms with Crippen LogP contribution in [0.3, 0.4) is 0 Å². The van der Waals surface area contributed by atoms with Crippen LogP contribution >= 0.6 is 0 Å². The Kier molecular flexibility index (Phi) is 5.20. The van der Waals surface area contributed by atoms with Gasteiger partial charge in [0.25, 0.3) is 0 Å². The third kappa shape index (κ3) is 3.61. The minimum absolute atomic E-state index is 0.310. The zero-order valence-electron chi connectivity index (χ0n) is 12.3. The van der Waals surface area contributed by atoms with Gasteiger partial charge in [-0.25, -0.2) is 4.79 Å². The molecule has 1 unspecified atom stereocenters. The van der Waals surface area contributed by atoms with Crippen molar-refractivity contribution < 1.29 is 14.6 Å². The summed E-state index contributed by atoms with van der Waals surface area (Å²) >= 11 is 0. The van der Waals surface area contributed by atoms with Crippen LogP contribution in [-0.4, -0.2) is 53.9 Å². The summed E-state index contributed by atoms with van der Waals surface area (Å²) in [4.78, 5) is 13.6. The summed E-state index contributed by atoms with van der Waals surface area (Å²) in [5.41, 5.74) is 0.399. The van der Waals surface area contributed by atoms with Crippen molar-refractivity contribution in [2.24, 2.45) is 5.92 Å². The first-order valence-electron chi connectivity index (χ1n) is 7.23. The Hall–Kier alpha value is -1.33. The largest absolute Gasteiger partial charge is 0.477 e. The minimum Gasteiger partial charge on any atom is -0.477 e. The molecule has 5 nitrogen and oxygen atoms in total. The molecule has 1 aromatic heterocycles. The van der Waals surface area contributed by atoms with E-state index in [0.717, 1.165) is 39.1 Å². The van der Waals surface area contributed by atoms with E-state index in [1.54, 1.807) is 13.2 Å². The number of hydrogen-bond donors (Lipinski definition) is 1. The van der Waals surface area contributed by atoms with Gasteiger partial charge in [-0.2, -0.15) is 0 Å². The lowest BCUT2D eigenvalue weighted by Crippen LogP contribution is -2.38. The average molecular weight is 280 g/mol. The molecule has 1 N–H and O–H groups in total. The number of likely N-dealkylation sites (tertiary alicyclic amines) is 1. The van der Waals surface area contributed by atoms with E-state index in [1.165, 1.54) is 0 Å². The van der Waals surface area contributed by atoms with E-state index in [1.807, 2.05) is 16.8 Å². The van der Waals surface area contributed by atoms with Crippen LogP contribution in [0.5, 0.6) is 0 Å². The normalized spacial score (nSPS) is 19.1. The molecular formula is C15H24N2O3. The molecule has 1 aliphatic heterocycles. The number of hydrogen-bond acceptors (Lipinski definition) is 3. The molecule has 112 valence electrons. The van der Waals surface area contributed by atoms with Crippen LogP contribution in [0.1, 0.15) is 36.3 Å². The Labute approximate surface area is 120 Å². The lowest BCUT2D eigenvalue weighted by Gasteiger charge is -2.34. The van der Waals surface area contributed by atoms with Gasteiger partial charge in [0, 0.05) is 45.6 Å². The third-order valence-electron chi connectivity index (χ3n) is 3.97. The molecular weight excluding hydrogens is 256 g/mol. The predicted octanol–water partition coefficient (Wildman–Crippen LogP) is 2.11. The second-order valence-corrected chi connectivity index (χ2v) is 5.70. The van der Waals surface area contributed by atoms with E-state index < -0.39 is 5.97 Å². The van der Waals surface area contributed by atoms with Crippen LogP contribution in [0.4, 0.5) is 0 Å². The van der Waals surface area contributed by atoms with Gasteiger partial charge in [-0.1, -0.05) is 6.92 Å². The van der Waals surface area contributed by atoms with Crippen molar-refractivity contribution in [1.29, 1.82) is 0 Å². The van der Waals surface area contributed by atoms with Crippen molar-refractivity contribution in [3.05, 3.63) is 24.0 Å². The van der Waals surface area contributed by atoms with E-state index in [-0.39, 0.29) is 0 Å². The van der Waals surface area contributed by atoms with Crippen molar-refractivity contribution >= 4 is 5.97 Å². The van der Waals surface area contributed by atoms with Gasteiger partial charge >= 0.3 is 5.97 Å². The fraction of sp³-hybridized carbons (Fsp3) is 0.667. The Bertz CT molecular complexity index is 436. The highest BCUT2D eigenvalue weighted by atomic mass is 16.5. The summed E-state index contributed by atoms with van der Waals surface area (Å²) in [6.07, 6.45) is 3.90. The number of carboxylic acids is 1. The first kappa shape index (κ1) is 15.1. The van der Waals surface area contributed by atoms with E-state index in [0.29, 0.717) is 17.7 Å². The maximum absolute atomic E-state index is 11.2. The topological polar surface area (TPSA) is 54.7 Å². The van der Waals surface area contributed by atoms with Gasteiger partial charge in [-0.15, -0.1) is 0 Å². The number of carboxylic acid groups (broad SMARTS) is 1. The fourth-order valence-electron chi connectivity index (χ4n) is 3.05. The van der Waals surface area contributed by atoms with E-state index >= 15 is 0 Å². The zero-order valence-corrected chi connectivity index (χ0v) is 12.3. The molecule has 1 aromatic rings. The number of aromatic carboxylic acids is 1. The molecule has 0 aliphatic carbocycles. The van der Waals surface area contributed by atoms with Gasteiger partial charge in [0.15, 0.2) is 0 Å². The van der Waals surface area contributed by atoms with Crippen LogP contribution in [0.15, 0.2) is 18.3 Å². The Morgan fingerprint density at radius 2 is 2.20 bits per heavy atom. The van der Waals surface area contributed by atoms with Crippen LogP contribution < -0.4 is 0 Å². The highest BCUT2D eigenvalue weighted by Crippen LogP contribution is 2.25. The summed E-state index contributed by atoms with van der Waals surface area (Å²) in [6.45, 7) is 6.09. The molecule has 1 atom stereocenters. The van der Waals surface area contributed by atoms with E-state index in [4.69, 9.17) is 4.74 Å². The van der Waals surface area contributed by atoms with Crippen LogP contribution in [0.2, 0.25) is 0 Å². The van der Waals surface area contributed by atoms with Gasteiger partial charge < -0.3 is 19.3 Å². The smallest absolute Gasteiger partial charge is 0.352 e. The lowest BCUT2D eigenvalue weighted by atomic mass is 10.0. The van der Waals surface area contributed by atoms with Crippen molar-refractivity contribution in [3.63, 3.8) is 0 Å². The van der Waals surface area contributed by atoms with E-state index in [2.05, 4.69) is 11.8 Å². The SMILES string of the molecule is COCC(C)CN1CCC(n2cccc2C(=O)O)CC1. The molecule has 0 bridgehead atoms. The molecule has 0 spiro atoms. The average Bonchev–Trinajstić information content (AvgIpc) is 2.89. The maximum Gasteiger partial charge on any atom is 0.352 e. The lowest BCUT2D eigenvalue weighted by molar-refractivity contribution is 0.0676. The van der Waals surface area contributed by atoms with Crippen molar-refractivity contribution in [1.82, 2.24) is 9.47 Å². The minimum atomic E-state index is -0.842. The molecule has 0 saturated carbocycles. The number of piperidine rings is 1. The number of methoxy groups -OCH3 is 1. The van der Waals surface area contributed by atoms with Crippen molar-refractivity contribution in [2.75, 3.05) is 33.4 Å². The molecule has 1 fully saturated rings. The monoisotopic (exact) mass is 280 g/mol. The van der Waals surface area contributed by atoms with Gasteiger partial charge in [-0.3, -0.25) is 0 Å². The third-order valence-corrected chi connectivity index (χ3v) is 3.97. The molecule has 2 heterocycles. The van der Waals surface area contributed by atoms with Crippen LogP contribution in [0.25, 0.3) is 0 Å². The van der Waals surface area contributed by atoms with Gasteiger partial charge in [0.2, 0.25) is 0 Å². The Morgan fingerprint density at radius 3 is 2.80 bits per heavy atom. The molecule has 2 rings (SSSR count). The molecule has 5 heteroatoms. The number of carbonyl (C=O) groups is 1. The second-order valence-electron chi connectivity index (χ2n) is 5.70. The quantitative estimate of drug-likeness (QED) is 0.867. The van der Waals surface area contributed by atoms with Gasteiger partial charge in [0.1, 0.15) is 5.69 Å². The molecule has 1 saturated heterocycles. The molecule has 1 aliphatic rings. The predicted molar refractivity (Wildman–Crippen MR) is 77.1 cm³/mol. The summed E-state index contributed by atoms with van der Waals surface area (Å²) in [6, 6.07) is 3.80. The Morgan fingerprint density at radius 1 is 1.50 bits per heavy atom. The summed E-state index contributed by atoms with van der Waals surface area (Å²) in [5, 5.41) is 9.17. The Balaban J connectivity index is 1.88. The van der Waals surface area contributed by atoms with E-state index in [9.17, 15) is 9.90 Å². The molecule has 0 radical (unpaired) electrons. The van der Waals surface area contributed by atoms with Crippen LogP contribution in [-0.2, 0) is 4.74 Å². The van der Waals surface area contributed by atoms with Gasteiger partial charge in [0.05, 0.1) is 0 Å². The first-order chi connectivity index (χ1) is 9.61. The van der Waals surface area contributed by atoms with Crippen LogP contribution in [0, 0.1) is 5.92 Å². The number of rotatable bonds is 6. The van der Waals surface area contributed by atoms with Crippen molar-refractivity contribution in [2.45, 2.75) is 25.8 Å². The number of ether oxygens (including phenoxy) is 1. The summed E-state index contributed by atoms with van der Waals surface area (Å²) in [5.74, 6) is -0.302. The maximum atomic E-state index is 11.2. The fourth-order valence-corrected chi connectivity index (χ4v) is 3.05. The zero-order chi connectivity index (χ0) is 14.5. The highest BCUT2D eigenvalue weighted by molar-refractivity contribution is 5.85. The summed E-state index contributed by atoms with van der Waals surface area (Å²) < 4.78 is 7.09. The highest BCUT2D eigenvalue weighted by Gasteiger charge is 2.23. The van der Waals surface area contributed by atoms with Gasteiger partial charge in [-0.05, 0) is 30.9 Å². The standard InChI is InChI=1S/C15H24N2O3/c1-12(11-20-2)10-16-8-5-13(6-9-16)17-7-3-4-14(17)15(18)19/h3-4,7,12-13H,5-6,8-11H2,1-2H3,(H,18,19). The number of nitrogens with zero attached hydrogens (tertiary/aromatic N) is 2. The first-order valence-corrected chi connectivity index (χ1v) is 7.23. The second kappa shape index (κ2) is 6.90. The molecule has 0 aromatic carbocycles. The number of aromatic nitrogens is 1. The van der Waals surface area contributed by atoms with Crippen molar-refractivity contribution in [3.8, 4) is 0 Å². The summed E-state index contributed by atoms with van der Waals surface area (Å²) in [7, 11) is 1.74. The molecule has 20 heavy (non-hydrogen) atoms.